The van der Waals surface area contributed by atoms with Gasteiger partial charge in [-0.2, -0.15) is 0 Å². The lowest BCUT2D eigenvalue weighted by Crippen LogP contribution is -2.37. The highest BCUT2D eigenvalue weighted by atomic mass is 79.9. The van der Waals surface area contributed by atoms with E-state index in [1.807, 2.05) is 7.05 Å². The zero-order chi connectivity index (χ0) is 13.2. The van der Waals surface area contributed by atoms with Crippen LogP contribution >= 0.6 is 15.9 Å². The monoisotopic (exact) mass is 314 g/mol. The van der Waals surface area contributed by atoms with E-state index in [0.29, 0.717) is 12.1 Å². The third kappa shape index (κ3) is 2.90. The van der Waals surface area contributed by atoms with Crippen LogP contribution in [0.15, 0.2) is 22.7 Å². The van der Waals surface area contributed by atoms with Crippen molar-refractivity contribution < 1.29 is 9.18 Å². The minimum atomic E-state index is -0.294. The van der Waals surface area contributed by atoms with E-state index in [1.165, 1.54) is 6.07 Å². The molecule has 0 aromatic heterocycles. The first-order valence-corrected chi connectivity index (χ1v) is 6.73. The Bertz CT molecular complexity index is 460. The molecule has 0 radical (unpaired) electrons. The molecule has 0 saturated heterocycles. The van der Waals surface area contributed by atoms with E-state index in [9.17, 15) is 9.18 Å². The molecule has 1 aliphatic carbocycles. The van der Waals surface area contributed by atoms with Crippen LogP contribution in [0.25, 0.3) is 0 Å². The fourth-order valence-corrected chi connectivity index (χ4v) is 2.42. The van der Waals surface area contributed by atoms with E-state index >= 15 is 0 Å². The first-order valence-electron chi connectivity index (χ1n) is 5.94. The average molecular weight is 315 g/mol. The number of benzene rings is 1. The Kier molecular flexibility index (Phi) is 4.02. The summed E-state index contributed by atoms with van der Waals surface area (Å²) in [7, 11) is 1.83. The molecule has 0 unspecified atom stereocenters. The Morgan fingerprint density at radius 2 is 2.22 bits per heavy atom. The van der Waals surface area contributed by atoms with Crippen LogP contribution in [0.2, 0.25) is 0 Å². The SMILES string of the molecule is CNCC1(C(=O)NCc2cc(Br)ccc2F)CC1. The molecule has 1 amide bonds. The molecule has 1 saturated carbocycles. The minimum absolute atomic E-state index is 0.0104. The lowest BCUT2D eigenvalue weighted by Gasteiger charge is -2.15. The van der Waals surface area contributed by atoms with E-state index in [1.54, 1.807) is 12.1 Å². The molecule has 98 valence electrons. The lowest BCUT2D eigenvalue weighted by atomic mass is 10.1. The second-order valence-electron chi connectivity index (χ2n) is 4.73. The van der Waals surface area contributed by atoms with E-state index in [4.69, 9.17) is 0 Å². The maximum absolute atomic E-state index is 13.5. The van der Waals surface area contributed by atoms with E-state index in [-0.39, 0.29) is 23.7 Å². The van der Waals surface area contributed by atoms with Gasteiger partial charge in [-0.25, -0.2) is 4.39 Å². The van der Waals surface area contributed by atoms with Crippen molar-refractivity contribution in [1.82, 2.24) is 10.6 Å². The summed E-state index contributed by atoms with van der Waals surface area (Å²) in [5.41, 5.74) is 0.232. The van der Waals surface area contributed by atoms with Crippen LogP contribution < -0.4 is 10.6 Å². The number of rotatable bonds is 5. The van der Waals surface area contributed by atoms with Gasteiger partial charge in [-0.15, -0.1) is 0 Å². The highest BCUT2D eigenvalue weighted by Crippen LogP contribution is 2.45. The van der Waals surface area contributed by atoms with Gasteiger partial charge < -0.3 is 10.6 Å². The topological polar surface area (TPSA) is 41.1 Å². The highest BCUT2D eigenvalue weighted by molar-refractivity contribution is 9.10. The Labute approximate surface area is 114 Å². The van der Waals surface area contributed by atoms with Crippen molar-refractivity contribution in [2.24, 2.45) is 5.41 Å². The molecule has 2 rings (SSSR count). The van der Waals surface area contributed by atoms with Gasteiger partial charge >= 0.3 is 0 Å². The van der Waals surface area contributed by atoms with Crippen molar-refractivity contribution in [3.63, 3.8) is 0 Å². The zero-order valence-corrected chi connectivity index (χ0v) is 11.8. The Balaban J connectivity index is 1.95. The number of hydrogen-bond acceptors (Lipinski definition) is 2. The van der Waals surface area contributed by atoms with Crippen LogP contribution in [-0.2, 0) is 11.3 Å². The van der Waals surface area contributed by atoms with Crippen molar-refractivity contribution in [1.29, 1.82) is 0 Å². The summed E-state index contributed by atoms with van der Waals surface area (Å²) in [6, 6.07) is 4.73. The van der Waals surface area contributed by atoms with Crippen LogP contribution in [0.5, 0.6) is 0 Å². The molecule has 0 atom stereocenters. The molecule has 0 bridgehead atoms. The third-order valence-electron chi connectivity index (χ3n) is 3.30. The fraction of sp³-hybridized carbons (Fsp3) is 0.462. The molecular formula is C13H16BrFN2O. The normalized spacial score (nSPS) is 16.4. The van der Waals surface area contributed by atoms with E-state index < -0.39 is 0 Å². The summed E-state index contributed by atoms with van der Waals surface area (Å²) in [4.78, 5) is 12.0. The van der Waals surface area contributed by atoms with Gasteiger partial charge in [0.15, 0.2) is 0 Å². The Morgan fingerprint density at radius 1 is 1.50 bits per heavy atom. The van der Waals surface area contributed by atoms with Gasteiger partial charge in [0.25, 0.3) is 0 Å². The second kappa shape index (κ2) is 5.36. The summed E-state index contributed by atoms with van der Waals surface area (Å²) in [6.45, 7) is 0.912. The molecule has 18 heavy (non-hydrogen) atoms. The average Bonchev–Trinajstić information content (AvgIpc) is 3.11. The first-order chi connectivity index (χ1) is 8.57. The Morgan fingerprint density at radius 3 is 2.83 bits per heavy atom. The van der Waals surface area contributed by atoms with Crippen molar-refractivity contribution in [3.05, 3.63) is 34.1 Å². The summed E-state index contributed by atoms with van der Waals surface area (Å²) in [6.07, 6.45) is 1.81. The Hall–Kier alpha value is -0.940. The zero-order valence-electron chi connectivity index (χ0n) is 10.2. The number of halogens is 2. The standard InChI is InChI=1S/C13H16BrFN2O/c1-16-8-13(4-5-13)12(18)17-7-9-6-10(14)2-3-11(9)15/h2-3,6,16H,4-5,7-8H2,1H3,(H,17,18). The molecular weight excluding hydrogens is 299 g/mol. The molecule has 5 heteroatoms. The van der Waals surface area contributed by atoms with E-state index in [0.717, 1.165) is 17.3 Å². The maximum Gasteiger partial charge on any atom is 0.227 e. The van der Waals surface area contributed by atoms with Crippen LogP contribution in [0, 0.1) is 11.2 Å². The largest absolute Gasteiger partial charge is 0.351 e. The predicted molar refractivity (Wildman–Crippen MR) is 71.5 cm³/mol. The second-order valence-corrected chi connectivity index (χ2v) is 5.64. The number of amides is 1. The quantitative estimate of drug-likeness (QED) is 0.875. The first kappa shape index (κ1) is 13.5. The van der Waals surface area contributed by atoms with E-state index in [2.05, 4.69) is 26.6 Å². The summed E-state index contributed by atoms with van der Waals surface area (Å²) >= 11 is 3.29. The summed E-state index contributed by atoms with van der Waals surface area (Å²) in [5, 5.41) is 5.84. The van der Waals surface area contributed by atoms with Crippen molar-refractivity contribution in [2.75, 3.05) is 13.6 Å². The van der Waals surface area contributed by atoms with Crippen molar-refractivity contribution in [3.8, 4) is 0 Å². The summed E-state index contributed by atoms with van der Waals surface area (Å²) < 4.78 is 14.3. The maximum atomic E-state index is 13.5. The highest BCUT2D eigenvalue weighted by Gasteiger charge is 2.48. The van der Waals surface area contributed by atoms with Crippen molar-refractivity contribution in [2.45, 2.75) is 19.4 Å². The van der Waals surface area contributed by atoms with Crippen LogP contribution in [0.3, 0.4) is 0 Å². The molecule has 3 nitrogen and oxygen atoms in total. The molecule has 1 aromatic carbocycles. The molecule has 1 aromatic rings. The van der Waals surface area contributed by atoms with Crippen LogP contribution in [0.4, 0.5) is 4.39 Å². The number of hydrogen-bond donors (Lipinski definition) is 2. The van der Waals surface area contributed by atoms with Gasteiger partial charge in [-0.3, -0.25) is 4.79 Å². The van der Waals surface area contributed by atoms with Gasteiger partial charge in [-0.1, -0.05) is 15.9 Å². The van der Waals surface area contributed by atoms with Gasteiger partial charge in [0.2, 0.25) is 5.91 Å². The molecule has 0 spiro atoms. The summed E-state index contributed by atoms with van der Waals surface area (Å²) in [5.74, 6) is -0.284. The molecule has 0 aliphatic heterocycles. The third-order valence-corrected chi connectivity index (χ3v) is 3.79. The van der Waals surface area contributed by atoms with Gasteiger partial charge in [0, 0.05) is 23.1 Å². The van der Waals surface area contributed by atoms with Gasteiger partial charge in [0.1, 0.15) is 5.82 Å². The molecule has 1 aliphatic rings. The molecule has 0 heterocycles. The fourth-order valence-electron chi connectivity index (χ4n) is 2.02. The smallest absolute Gasteiger partial charge is 0.227 e. The number of carbonyl (C=O) groups excluding carboxylic acids is 1. The lowest BCUT2D eigenvalue weighted by molar-refractivity contribution is -0.126. The van der Waals surface area contributed by atoms with Crippen molar-refractivity contribution >= 4 is 21.8 Å². The van der Waals surface area contributed by atoms with Crippen LogP contribution in [-0.4, -0.2) is 19.5 Å². The van der Waals surface area contributed by atoms with Gasteiger partial charge in [-0.05, 0) is 38.1 Å². The predicted octanol–water partition coefficient (Wildman–Crippen LogP) is 2.20. The van der Waals surface area contributed by atoms with Gasteiger partial charge in [0.05, 0.1) is 5.41 Å². The minimum Gasteiger partial charge on any atom is -0.351 e. The van der Waals surface area contributed by atoms with Crippen LogP contribution in [0.1, 0.15) is 18.4 Å². The molecule has 2 N–H and O–H groups in total. The molecule has 1 fully saturated rings. The number of carbonyl (C=O) groups is 1. The number of nitrogens with one attached hydrogen (secondary N) is 2.